The molecule has 0 aliphatic heterocycles. The minimum atomic E-state index is 0.542. The second-order valence-corrected chi connectivity index (χ2v) is 4.75. The summed E-state index contributed by atoms with van der Waals surface area (Å²) in [5.41, 5.74) is 2.44. The van der Waals surface area contributed by atoms with Crippen molar-refractivity contribution >= 4 is 33.8 Å². The summed E-state index contributed by atoms with van der Waals surface area (Å²) in [6, 6.07) is 8.29. The summed E-state index contributed by atoms with van der Waals surface area (Å²) < 4.78 is 0. The van der Waals surface area contributed by atoms with E-state index in [1.165, 1.54) is 16.9 Å². The summed E-state index contributed by atoms with van der Waals surface area (Å²) in [6.07, 6.45) is 2.21. The molecule has 0 bridgehead atoms. The number of thiazole rings is 1. The lowest BCUT2D eigenvalue weighted by Crippen LogP contribution is -1.95. The summed E-state index contributed by atoms with van der Waals surface area (Å²) in [5, 5.41) is 6.51. The minimum absolute atomic E-state index is 0.542. The second-order valence-electron chi connectivity index (χ2n) is 3.51. The van der Waals surface area contributed by atoms with Gasteiger partial charge < -0.3 is 5.32 Å². The van der Waals surface area contributed by atoms with E-state index in [1.54, 1.807) is 0 Å². The molecule has 0 aliphatic rings. The lowest BCUT2D eigenvalue weighted by molar-refractivity contribution is 0.923. The number of aryl methyl sites for hydroxylation is 1. The summed E-state index contributed by atoms with van der Waals surface area (Å²) in [4.78, 5) is 4.18. The van der Waals surface area contributed by atoms with Crippen molar-refractivity contribution in [1.29, 1.82) is 0 Å². The zero-order valence-corrected chi connectivity index (χ0v) is 10.6. The molecule has 0 aliphatic carbocycles. The highest BCUT2D eigenvalue weighted by Crippen LogP contribution is 2.25. The number of benzene rings is 1. The highest BCUT2D eigenvalue weighted by molar-refractivity contribution is 7.14. The van der Waals surface area contributed by atoms with Gasteiger partial charge in [-0.25, -0.2) is 4.98 Å². The molecule has 1 aromatic carbocycles. The Hall–Kier alpha value is -1.06. The van der Waals surface area contributed by atoms with Gasteiger partial charge in [0, 0.05) is 11.1 Å². The molecule has 1 aromatic heterocycles. The molecular weight excluding hydrogens is 240 g/mol. The molecule has 0 saturated carbocycles. The maximum absolute atomic E-state index is 5.79. The van der Waals surface area contributed by atoms with Gasteiger partial charge >= 0.3 is 0 Å². The van der Waals surface area contributed by atoms with Gasteiger partial charge in [-0.3, -0.25) is 0 Å². The predicted molar refractivity (Wildman–Crippen MR) is 70.8 cm³/mol. The Morgan fingerprint density at radius 3 is 2.88 bits per heavy atom. The molecule has 0 amide bonds. The van der Waals surface area contributed by atoms with Gasteiger partial charge in [-0.05, 0) is 18.1 Å². The van der Waals surface area contributed by atoms with Crippen LogP contribution in [0.2, 0.25) is 5.15 Å². The normalized spacial score (nSPS) is 10.4. The SMILES string of the molecule is CCCc1ccccc1Nc1nc(Cl)cs1. The summed E-state index contributed by atoms with van der Waals surface area (Å²) in [6.45, 7) is 2.18. The average Bonchev–Trinajstić information content (AvgIpc) is 2.67. The lowest BCUT2D eigenvalue weighted by atomic mass is 10.1. The first-order valence-corrected chi connectivity index (χ1v) is 6.51. The monoisotopic (exact) mass is 252 g/mol. The highest BCUT2D eigenvalue weighted by Gasteiger charge is 2.03. The molecule has 16 heavy (non-hydrogen) atoms. The fourth-order valence-corrected chi connectivity index (χ4v) is 2.41. The van der Waals surface area contributed by atoms with Crippen molar-refractivity contribution in [3.05, 3.63) is 40.4 Å². The van der Waals surface area contributed by atoms with Crippen LogP contribution in [-0.4, -0.2) is 4.98 Å². The fraction of sp³-hybridized carbons (Fsp3) is 0.250. The number of hydrogen-bond donors (Lipinski definition) is 1. The number of halogens is 1. The van der Waals surface area contributed by atoms with E-state index in [1.807, 2.05) is 11.4 Å². The van der Waals surface area contributed by atoms with Crippen molar-refractivity contribution in [2.45, 2.75) is 19.8 Å². The molecule has 1 N–H and O–H groups in total. The predicted octanol–water partition coefficient (Wildman–Crippen LogP) is 4.49. The second kappa shape index (κ2) is 5.32. The Balaban J connectivity index is 2.20. The molecule has 4 heteroatoms. The molecule has 2 nitrogen and oxygen atoms in total. The van der Waals surface area contributed by atoms with Crippen molar-refractivity contribution in [3.8, 4) is 0 Å². The maximum Gasteiger partial charge on any atom is 0.188 e. The van der Waals surface area contributed by atoms with Gasteiger partial charge in [-0.15, -0.1) is 11.3 Å². The summed E-state index contributed by atoms with van der Waals surface area (Å²) >= 11 is 7.30. The van der Waals surface area contributed by atoms with E-state index in [4.69, 9.17) is 11.6 Å². The molecule has 0 unspecified atom stereocenters. The van der Waals surface area contributed by atoms with Gasteiger partial charge in [0.25, 0.3) is 0 Å². The third-order valence-corrected chi connectivity index (χ3v) is 3.34. The zero-order chi connectivity index (χ0) is 11.4. The van der Waals surface area contributed by atoms with Crippen molar-refractivity contribution in [2.75, 3.05) is 5.32 Å². The Kier molecular flexibility index (Phi) is 3.80. The maximum atomic E-state index is 5.79. The van der Waals surface area contributed by atoms with Crippen molar-refractivity contribution in [3.63, 3.8) is 0 Å². The molecule has 0 atom stereocenters. The van der Waals surface area contributed by atoms with Crippen LogP contribution in [0.3, 0.4) is 0 Å². The van der Waals surface area contributed by atoms with Crippen LogP contribution in [0, 0.1) is 0 Å². The van der Waals surface area contributed by atoms with E-state index in [0.29, 0.717) is 5.15 Å². The number of hydrogen-bond acceptors (Lipinski definition) is 3. The van der Waals surface area contributed by atoms with E-state index in [9.17, 15) is 0 Å². The molecule has 0 radical (unpaired) electrons. The number of aromatic nitrogens is 1. The number of nitrogens with zero attached hydrogens (tertiary/aromatic N) is 1. The number of anilines is 2. The van der Waals surface area contributed by atoms with Crippen LogP contribution in [0.1, 0.15) is 18.9 Å². The van der Waals surface area contributed by atoms with Crippen LogP contribution in [-0.2, 0) is 6.42 Å². The molecule has 2 aromatic rings. The van der Waals surface area contributed by atoms with Crippen LogP contribution in [0.25, 0.3) is 0 Å². The van der Waals surface area contributed by atoms with Gasteiger partial charge in [0.1, 0.15) is 5.15 Å². The molecule has 0 saturated heterocycles. The van der Waals surface area contributed by atoms with E-state index in [0.717, 1.165) is 23.7 Å². The smallest absolute Gasteiger partial charge is 0.188 e. The van der Waals surface area contributed by atoms with Crippen LogP contribution >= 0.6 is 22.9 Å². The number of rotatable bonds is 4. The Morgan fingerprint density at radius 1 is 1.38 bits per heavy atom. The third-order valence-electron chi connectivity index (χ3n) is 2.25. The molecular formula is C12H13ClN2S. The Bertz CT molecular complexity index is 468. The Labute approximate surface area is 104 Å². The van der Waals surface area contributed by atoms with Crippen LogP contribution in [0.5, 0.6) is 0 Å². The van der Waals surface area contributed by atoms with Gasteiger partial charge in [0.05, 0.1) is 0 Å². The minimum Gasteiger partial charge on any atom is -0.331 e. The molecule has 2 rings (SSSR count). The average molecular weight is 253 g/mol. The van der Waals surface area contributed by atoms with Gasteiger partial charge in [-0.2, -0.15) is 0 Å². The molecule has 84 valence electrons. The largest absolute Gasteiger partial charge is 0.331 e. The van der Waals surface area contributed by atoms with E-state index < -0.39 is 0 Å². The first-order valence-electron chi connectivity index (χ1n) is 5.25. The topological polar surface area (TPSA) is 24.9 Å². The first kappa shape index (κ1) is 11.4. The van der Waals surface area contributed by atoms with Crippen molar-refractivity contribution in [2.24, 2.45) is 0 Å². The van der Waals surface area contributed by atoms with Gasteiger partial charge in [-0.1, -0.05) is 43.1 Å². The quantitative estimate of drug-likeness (QED) is 0.867. The van der Waals surface area contributed by atoms with E-state index >= 15 is 0 Å². The fourth-order valence-electron chi connectivity index (χ4n) is 1.56. The molecule has 0 fully saturated rings. The molecule has 1 heterocycles. The van der Waals surface area contributed by atoms with Crippen molar-refractivity contribution < 1.29 is 0 Å². The molecule has 0 spiro atoms. The summed E-state index contributed by atoms with van der Waals surface area (Å²) in [7, 11) is 0. The highest BCUT2D eigenvalue weighted by atomic mass is 35.5. The van der Waals surface area contributed by atoms with E-state index in [2.05, 4.69) is 35.4 Å². The lowest BCUT2D eigenvalue weighted by Gasteiger charge is -2.08. The standard InChI is InChI=1S/C12H13ClN2S/c1-2-5-9-6-3-4-7-10(9)14-12-15-11(13)8-16-12/h3-4,6-8H,2,5H2,1H3,(H,14,15). The number of nitrogens with one attached hydrogen (secondary N) is 1. The van der Waals surface area contributed by atoms with Gasteiger partial charge in [0.15, 0.2) is 5.13 Å². The van der Waals surface area contributed by atoms with Gasteiger partial charge in [0.2, 0.25) is 0 Å². The van der Waals surface area contributed by atoms with Crippen molar-refractivity contribution in [1.82, 2.24) is 4.98 Å². The number of para-hydroxylation sites is 1. The Morgan fingerprint density at radius 2 is 2.19 bits per heavy atom. The van der Waals surface area contributed by atoms with Crippen LogP contribution < -0.4 is 5.32 Å². The van der Waals surface area contributed by atoms with Crippen LogP contribution in [0.4, 0.5) is 10.8 Å². The van der Waals surface area contributed by atoms with Crippen LogP contribution in [0.15, 0.2) is 29.6 Å². The first-order chi connectivity index (χ1) is 7.79. The third kappa shape index (κ3) is 2.74. The zero-order valence-electron chi connectivity index (χ0n) is 9.03. The summed E-state index contributed by atoms with van der Waals surface area (Å²) in [5.74, 6) is 0. The van der Waals surface area contributed by atoms with E-state index in [-0.39, 0.29) is 0 Å².